The van der Waals surface area contributed by atoms with Crippen molar-refractivity contribution in [2.45, 2.75) is 63.3 Å². The van der Waals surface area contributed by atoms with Crippen molar-refractivity contribution in [2.24, 2.45) is 11.8 Å². The van der Waals surface area contributed by atoms with Crippen molar-refractivity contribution < 1.29 is 9.32 Å². The molecule has 3 aliphatic carbocycles. The summed E-state index contributed by atoms with van der Waals surface area (Å²) in [5.41, 5.74) is 0.453. The van der Waals surface area contributed by atoms with Gasteiger partial charge in [-0.15, -0.1) is 0 Å². The normalized spacial score (nSPS) is 29.6. The summed E-state index contributed by atoms with van der Waals surface area (Å²) in [5, 5.41) is 6.97. The summed E-state index contributed by atoms with van der Waals surface area (Å²) in [6.45, 7) is 0. The molecule has 1 aromatic heterocycles. The van der Waals surface area contributed by atoms with Crippen molar-refractivity contribution in [3.05, 3.63) is 17.5 Å². The molecule has 0 radical (unpaired) electrons. The number of hydrogen-bond donors (Lipinski definition) is 1. The third-order valence-corrected chi connectivity index (χ3v) is 5.20. The minimum atomic E-state index is -0.0623. The van der Waals surface area contributed by atoms with Crippen molar-refractivity contribution in [3.63, 3.8) is 0 Å². The van der Waals surface area contributed by atoms with Crippen LogP contribution in [0.3, 0.4) is 0 Å². The second kappa shape index (κ2) is 4.90. The number of nitrogens with zero attached hydrogens (tertiary/aromatic N) is 1. The highest BCUT2D eigenvalue weighted by Gasteiger charge is 2.34. The van der Waals surface area contributed by atoms with Gasteiger partial charge in [0.1, 0.15) is 5.76 Å². The number of hydrogen-bond acceptors (Lipinski definition) is 3. The highest BCUT2D eigenvalue weighted by Crippen LogP contribution is 2.41. The van der Waals surface area contributed by atoms with Gasteiger partial charge in [-0.1, -0.05) is 24.4 Å². The molecule has 0 unspecified atom stereocenters. The fourth-order valence-corrected chi connectivity index (χ4v) is 3.46. The van der Waals surface area contributed by atoms with E-state index in [1.54, 1.807) is 0 Å². The van der Waals surface area contributed by atoms with E-state index in [0.717, 1.165) is 30.4 Å². The Kier molecular flexibility index (Phi) is 3.04. The first kappa shape index (κ1) is 12.4. The molecule has 0 atom stereocenters. The van der Waals surface area contributed by atoms with Crippen LogP contribution < -0.4 is 5.32 Å². The van der Waals surface area contributed by atoms with E-state index in [-0.39, 0.29) is 5.91 Å². The van der Waals surface area contributed by atoms with Gasteiger partial charge >= 0.3 is 0 Å². The van der Waals surface area contributed by atoms with Crippen LogP contribution in [0.1, 0.15) is 73.5 Å². The van der Waals surface area contributed by atoms with Gasteiger partial charge in [-0.25, -0.2) is 0 Å². The number of aromatic nitrogens is 1. The first-order chi connectivity index (χ1) is 9.78. The molecule has 0 bridgehead atoms. The van der Waals surface area contributed by atoms with E-state index in [1.807, 2.05) is 6.07 Å². The Morgan fingerprint density at radius 2 is 2.05 bits per heavy atom. The molecule has 4 rings (SSSR count). The predicted molar refractivity (Wildman–Crippen MR) is 74.4 cm³/mol. The Hall–Kier alpha value is -1.32. The molecule has 108 valence electrons. The Morgan fingerprint density at radius 3 is 2.70 bits per heavy atom. The molecule has 1 amide bonds. The van der Waals surface area contributed by atoms with Gasteiger partial charge < -0.3 is 9.84 Å². The number of carbonyl (C=O) groups excluding carboxylic acids is 1. The number of nitrogens with one attached hydrogen (secondary N) is 1. The fourth-order valence-electron chi connectivity index (χ4n) is 3.46. The van der Waals surface area contributed by atoms with Crippen molar-refractivity contribution in [2.75, 3.05) is 0 Å². The number of carbonyl (C=O) groups is 1. The molecule has 1 N–H and O–H groups in total. The minimum absolute atomic E-state index is 0.0623. The third-order valence-electron chi connectivity index (χ3n) is 5.20. The second-order valence-corrected chi connectivity index (χ2v) is 6.93. The summed E-state index contributed by atoms with van der Waals surface area (Å²) in [6.07, 6.45) is 10.3. The van der Waals surface area contributed by atoms with Crippen molar-refractivity contribution in [1.29, 1.82) is 0 Å². The summed E-state index contributed by atoms with van der Waals surface area (Å²) in [6, 6.07) is 2.17. The molecule has 20 heavy (non-hydrogen) atoms. The van der Waals surface area contributed by atoms with Gasteiger partial charge in [-0.3, -0.25) is 4.79 Å². The molecule has 4 heteroatoms. The lowest BCUT2D eigenvalue weighted by atomic mass is 9.70. The molecule has 3 saturated carbocycles. The Bertz CT molecular complexity index is 496. The zero-order valence-corrected chi connectivity index (χ0v) is 11.8. The molecule has 3 aliphatic rings. The van der Waals surface area contributed by atoms with Crippen LogP contribution in [-0.4, -0.2) is 17.1 Å². The average molecular weight is 274 g/mol. The smallest absolute Gasteiger partial charge is 0.273 e. The molecule has 0 aromatic carbocycles. The molecular weight excluding hydrogens is 252 g/mol. The van der Waals surface area contributed by atoms with E-state index in [1.165, 1.54) is 38.5 Å². The number of amides is 1. The first-order valence-electron chi connectivity index (χ1n) is 8.05. The largest absolute Gasteiger partial charge is 0.360 e. The standard InChI is InChI=1S/C16H22N2O2/c19-16(14-9-15(20-18-14)12-4-5-12)17-13-7-11(8-13)6-10-2-1-3-10/h9-13H,1-8H2,(H,17,19). The third kappa shape index (κ3) is 2.48. The average Bonchev–Trinajstić information content (AvgIpc) is 3.07. The summed E-state index contributed by atoms with van der Waals surface area (Å²) in [7, 11) is 0. The lowest BCUT2D eigenvalue weighted by Gasteiger charge is -2.39. The van der Waals surface area contributed by atoms with Crippen LogP contribution in [0.25, 0.3) is 0 Å². The number of rotatable bonds is 5. The van der Waals surface area contributed by atoms with Gasteiger partial charge in [0.05, 0.1) is 0 Å². The van der Waals surface area contributed by atoms with Crippen LogP contribution in [0.2, 0.25) is 0 Å². The van der Waals surface area contributed by atoms with Gasteiger partial charge in [0.2, 0.25) is 0 Å². The van der Waals surface area contributed by atoms with E-state index >= 15 is 0 Å². The molecule has 1 heterocycles. The van der Waals surface area contributed by atoms with Crippen LogP contribution in [0.5, 0.6) is 0 Å². The summed E-state index contributed by atoms with van der Waals surface area (Å²) >= 11 is 0. The molecule has 4 nitrogen and oxygen atoms in total. The lowest BCUT2D eigenvalue weighted by Crippen LogP contribution is -2.45. The second-order valence-electron chi connectivity index (χ2n) is 6.93. The van der Waals surface area contributed by atoms with Crippen LogP contribution in [0.15, 0.2) is 10.6 Å². The van der Waals surface area contributed by atoms with Crippen LogP contribution >= 0.6 is 0 Å². The maximum atomic E-state index is 12.1. The molecular formula is C16H22N2O2. The first-order valence-corrected chi connectivity index (χ1v) is 8.05. The van der Waals surface area contributed by atoms with E-state index < -0.39 is 0 Å². The van der Waals surface area contributed by atoms with Gasteiger partial charge in [0.15, 0.2) is 5.69 Å². The van der Waals surface area contributed by atoms with Gasteiger partial charge in [0.25, 0.3) is 5.91 Å². The molecule has 1 aromatic rings. The molecule has 0 spiro atoms. The van der Waals surface area contributed by atoms with Crippen molar-refractivity contribution in [1.82, 2.24) is 10.5 Å². The Balaban J connectivity index is 1.23. The van der Waals surface area contributed by atoms with Crippen molar-refractivity contribution in [3.8, 4) is 0 Å². The fraction of sp³-hybridized carbons (Fsp3) is 0.750. The lowest BCUT2D eigenvalue weighted by molar-refractivity contribution is 0.0853. The summed E-state index contributed by atoms with van der Waals surface area (Å²) < 4.78 is 5.23. The zero-order chi connectivity index (χ0) is 13.5. The Labute approximate surface area is 119 Å². The van der Waals surface area contributed by atoms with E-state index in [9.17, 15) is 4.79 Å². The van der Waals surface area contributed by atoms with Crippen molar-refractivity contribution >= 4 is 5.91 Å². The highest BCUT2D eigenvalue weighted by atomic mass is 16.5. The molecule has 3 fully saturated rings. The van der Waals surface area contributed by atoms with Gasteiger partial charge in [-0.2, -0.15) is 0 Å². The monoisotopic (exact) mass is 274 g/mol. The SMILES string of the molecule is O=C(NC1CC(CC2CCC2)C1)c1cc(C2CC2)on1. The summed E-state index contributed by atoms with van der Waals surface area (Å²) in [4.78, 5) is 12.1. The minimum Gasteiger partial charge on any atom is -0.360 e. The van der Waals surface area contributed by atoms with E-state index in [2.05, 4.69) is 10.5 Å². The summed E-state index contributed by atoms with van der Waals surface area (Å²) in [5.74, 6) is 3.15. The van der Waals surface area contributed by atoms with E-state index in [4.69, 9.17) is 4.52 Å². The van der Waals surface area contributed by atoms with E-state index in [0.29, 0.717) is 17.7 Å². The maximum Gasteiger partial charge on any atom is 0.273 e. The van der Waals surface area contributed by atoms with Gasteiger partial charge in [0, 0.05) is 18.0 Å². The van der Waals surface area contributed by atoms with Gasteiger partial charge in [-0.05, 0) is 43.9 Å². The predicted octanol–water partition coefficient (Wildman–Crippen LogP) is 3.25. The molecule has 0 saturated heterocycles. The molecule has 0 aliphatic heterocycles. The van der Waals surface area contributed by atoms with Crippen LogP contribution in [0.4, 0.5) is 0 Å². The van der Waals surface area contributed by atoms with Crippen LogP contribution in [0, 0.1) is 11.8 Å². The Morgan fingerprint density at radius 1 is 1.25 bits per heavy atom. The highest BCUT2D eigenvalue weighted by molar-refractivity contribution is 5.92. The maximum absolute atomic E-state index is 12.1. The quantitative estimate of drug-likeness (QED) is 0.896. The van der Waals surface area contributed by atoms with Crippen LogP contribution in [-0.2, 0) is 0 Å². The zero-order valence-electron chi connectivity index (χ0n) is 11.8. The topological polar surface area (TPSA) is 55.1 Å².